The summed E-state index contributed by atoms with van der Waals surface area (Å²) in [6.45, 7) is 7.36. The highest BCUT2D eigenvalue weighted by atomic mass is 32.1. The zero-order valence-corrected chi connectivity index (χ0v) is 15.4. The summed E-state index contributed by atoms with van der Waals surface area (Å²) >= 11 is 1.54. The molecular formula is C18H20N4O2S. The van der Waals surface area contributed by atoms with E-state index in [1.807, 2.05) is 45.0 Å². The molecule has 7 heteroatoms. The first-order chi connectivity index (χ1) is 11.8. The number of anilines is 2. The van der Waals surface area contributed by atoms with Gasteiger partial charge >= 0.3 is 0 Å². The number of hydrogen-bond acceptors (Lipinski definition) is 5. The Balaban J connectivity index is 1.83. The fourth-order valence-electron chi connectivity index (χ4n) is 2.65. The number of nitrogens with zero attached hydrogens (tertiary/aromatic N) is 1. The van der Waals surface area contributed by atoms with E-state index >= 15 is 0 Å². The number of amides is 1. The molecule has 1 atom stereocenters. The van der Waals surface area contributed by atoms with Gasteiger partial charge < -0.3 is 15.6 Å². The van der Waals surface area contributed by atoms with Gasteiger partial charge in [0.2, 0.25) is 5.91 Å². The van der Waals surface area contributed by atoms with Gasteiger partial charge in [0, 0.05) is 23.2 Å². The van der Waals surface area contributed by atoms with E-state index in [0.717, 1.165) is 26.6 Å². The first-order valence-electron chi connectivity index (χ1n) is 7.99. The summed E-state index contributed by atoms with van der Waals surface area (Å²) in [5, 5.41) is 6.72. The molecule has 3 rings (SSSR count). The Morgan fingerprint density at radius 1 is 1.20 bits per heavy atom. The smallest absolute Gasteiger partial charge is 0.259 e. The Morgan fingerprint density at radius 3 is 2.48 bits per heavy atom. The van der Waals surface area contributed by atoms with Gasteiger partial charge in [-0.25, -0.2) is 4.98 Å². The Kier molecular flexibility index (Phi) is 4.59. The zero-order chi connectivity index (χ0) is 18.1. The monoisotopic (exact) mass is 356 g/mol. The van der Waals surface area contributed by atoms with E-state index in [0.29, 0.717) is 11.2 Å². The largest absolute Gasteiger partial charge is 0.375 e. The number of benzene rings is 1. The number of carbonyl (C=O) groups excluding carboxylic acids is 1. The van der Waals surface area contributed by atoms with E-state index in [4.69, 9.17) is 0 Å². The SMILES string of the molecule is CC(=O)Nc1ccc(NC(C)c2nc3sc(C)c(C)c3c(=O)[nH]2)cc1. The standard InChI is InChI=1S/C18H20N4O2S/c1-9-11(3)25-18-15(9)17(24)21-16(22-18)10(2)19-13-5-7-14(8-6-13)20-12(4)23/h5-8,10,19H,1-4H3,(H,20,23)(H,21,22,24). The molecule has 2 aromatic heterocycles. The lowest BCUT2D eigenvalue weighted by molar-refractivity contribution is -0.114. The second-order valence-corrected chi connectivity index (χ2v) is 7.24. The van der Waals surface area contributed by atoms with Crippen LogP contribution in [0.1, 0.15) is 36.2 Å². The number of nitrogens with one attached hydrogen (secondary N) is 3. The molecule has 2 heterocycles. The third-order valence-electron chi connectivity index (χ3n) is 4.06. The van der Waals surface area contributed by atoms with Gasteiger partial charge in [0.05, 0.1) is 11.4 Å². The number of hydrogen-bond donors (Lipinski definition) is 3. The van der Waals surface area contributed by atoms with Crippen LogP contribution in [0.4, 0.5) is 11.4 Å². The lowest BCUT2D eigenvalue weighted by atomic mass is 10.2. The van der Waals surface area contributed by atoms with Crippen LogP contribution in [0, 0.1) is 13.8 Å². The number of carbonyl (C=O) groups is 1. The number of H-pyrrole nitrogens is 1. The van der Waals surface area contributed by atoms with Gasteiger partial charge in [0.25, 0.3) is 5.56 Å². The van der Waals surface area contributed by atoms with Crippen molar-refractivity contribution in [2.75, 3.05) is 10.6 Å². The van der Waals surface area contributed by atoms with E-state index in [-0.39, 0.29) is 17.5 Å². The highest BCUT2D eigenvalue weighted by Crippen LogP contribution is 2.27. The van der Waals surface area contributed by atoms with Gasteiger partial charge in [0.15, 0.2) is 0 Å². The fraction of sp³-hybridized carbons (Fsp3) is 0.278. The Bertz CT molecular complexity index is 989. The van der Waals surface area contributed by atoms with Gasteiger partial charge in [-0.1, -0.05) is 0 Å². The van der Waals surface area contributed by atoms with E-state index in [9.17, 15) is 9.59 Å². The van der Waals surface area contributed by atoms with Gasteiger partial charge in [0.1, 0.15) is 10.7 Å². The molecule has 1 aromatic carbocycles. The summed E-state index contributed by atoms with van der Waals surface area (Å²) < 4.78 is 0. The fourth-order valence-corrected chi connectivity index (χ4v) is 3.68. The molecular weight excluding hydrogens is 336 g/mol. The Labute approximate surface area is 149 Å². The molecule has 0 saturated heterocycles. The molecule has 6 nitrogen and oxygen atoms in total. The maximum Gasteiger partial charge on any atom is 0.259 e. The minimum atomic E-state index is -0.161. The van der Waals surface area contributed by atoms with Crippen molar-refractivity contribution in [1.29, 1.82) is 0 Å². The molecule has 3 aromatic rings. The Hall–Kier alpha value is -2.67. The van der Waals surface area contributed by atoms with Crippen LogP contribution in [-0.2, 0) is 4.79 Å². The van der Waals surface area contributed by atoms with Gasteiger partial charge in [-0.3, -0.25) is 9.59 Å². The normalized spacial score (nSPS) is 12.2. The van der Waals surface area contributed by atoms with Crippen LogP contribution in [0.5, 0.6) is 0 Å². The summed E-state index contributed by atoms with van der Waals surface area (Å²) in [5.74, 6) is 0.496. The van der Waals surface area contributed by atoms with E-state index in [1.54, 1.807) is 0 Å². The van der Waals surface area contributed by atoms with E-state index in [1.165, 1.54) is 18.3 Å². The molecule has 130 valence electrons. The van der Waals surface area contributed by atoms with E-state index < -0.39 is 0 Å². The summed E-state index contributed by atoms with van der Waals surface area (Å²) in [6.07, 6.45) is 0. The van der Waals surface area contributed by atoms with Gasteiger partial charge in [-0.15, -0.1) is 11.3 Å². The highest BCUT2D eigenvalue weighted by Gasteiger charge is 2.15. The lowest BCUT2D eigenvalue weighted by Gasteiger charge is -2.15. The first-order valence-corrected chi connectivity index (χ1v) is 8.81. The molecule has 0 spiro atoms. The minimum Gasteiger partial charge on any atom is -0.375 e. The summed E-state index contributed by atoms with van der Waals surface area (Å²) in [6, 6.07) is 7.23. The van der Waals surface area contributed by atoms with E-state index in [2.05, 4.69) is 20.6 Å². The molecule has 1 unspecified atom stereocenters. The molecule has 0 aliphatic rings. The van der Waals surface area contributed by atoms with Crippen molar-refractivity contribution in [1.82, 2.24) is 9.97 Å². The van der Waals surface area contributed by atoms with Crippen molar-refractivity contribution in [3.8, 4) is 0 Å². The molecule has 0 fully saturated rings. The van der Waals surface area contributed by atoms with Crippen molar-refractivity contribution in [2.24, 2.45) is 0 Å². The van der Waals surface area contributed by atoms with Crippen LogP contribution < -0.4 is 16.2 Å². The average molecular weight is 356 g/mol. The number of rotatable bonds is 4. The number of fused-ring (bicyclic) bond motifs is 1. The molecule has 0 aliphatic heterocycles. The maximum atomic E-state index is 12.4. The predicted molar refractivity (Wildman–Crippen MR) is 102 cm³/mol. The highest BCUT2D eigenvalue weighted by molar-refractivity contribution is 7.18. The number of aromatic nitrogens is 2. The van der Waals surface area contributed by atoms with Crippen molar-refractivity contribution in [2.45, 2.75) is 33.7 Å². The van der Waals surface area contributed by atoms with Crippen molar-refractivity contribution in [3.63, 3.8) is 0 Å². The lowest BCUT2D eigenvalue weighted by Crippen LogP contribution is -2.17. The van der Waals surface area contributed by atoms with Crippen LogP contribution >= 0.6 is 11.3 Å². The molecule has 0 aliphatic carbocycles. The molecule has 25 heavy (non-hydrogen) atoms. The topological polar surface area (TPSA) is 86.9 Å². The quantitative estimate of drug-likeness (QED) is 0.665. The second-order valence-electron chi connectivity index (χ2n) is 6.04. The molecule has 0 bridgehead atoms. The molecule has 0 radical (unpaired) electrons. The average Bonchev–Trinajstić information content (AvgIpc) is 2.83. The summed E-state index contributed by atoms with van der Waals surface area (Å²) in [7, 11) is 0. The minimum absolute atomic E-state index is 0.100. The number of aromatic amines is 1. The van der Waals surface area contributed by atoms with Crippen LogP contribution in [-0.4, -0.2) is 15.9 Å². The summed E-state index contributed by atoms with van der Waals surface area (Å²) in [5.41, 5.74) is 2.51. The third-order valence-corrected chi connectivity index (χ3v) is 5.16. The third kappa shape index (κ3) is 3.56. The molecule has 0 saturated carbocycles. The van der Waals surface area contributed by atoms with Crippen LogP contribution in [0.3, 0.4) is 0 Å². The summed E-state index contributed by atoms with van der Waals surface area (Å²) in [4.78, 5) is 32.8. The Morgan fingerprint density at radius 2 is 1.84 bits per heavy atom. The van der Waals surface area contributed by atoms with Gasteiger partial charge in [-0.2, -0.15) is 0 Å². The molecule has 1 amide bonds. The van der Waals surface area contributed by atoms with Crippen LogP contribution in [0.2, 0.25) is 0 Å². The van der Waals surface area contributed by atoms with Crippen molar-refractivity contribution >= 4 is 38.8 Å². The predicted octanol–water partition coefficient (Wildman–Crippen LogP) is 3.73. The van der Waals surface area contributed by atoms with Crippen LogP contribution in [0.25, 0.3) is 10.2 Å². The van der Waals surface area contributed by atoms with Crippen molar-refractivity contribution in [3.05, 3.63) is 50.9 Å². The molecule has 3 N–H and O–H groups in total. The van der Waals surface area contributed by atoms with Crippen molar-refractivity contribution < 1.29 is 4.79 Å². The zero-order valence-electron chi connectivity index (χ0n) is 14.6. The number of aryl methyl sites for hydroxylation is 2. The maximum absolute atomic E-state index is 12.4. The first kappa shape index (κ1) is 17.2. The van der Waals surface area contributed by atoms with Gasteiger partial charge in [-0.05, 0) is 50.6 Å². The van der Waals surface area contributed by atoms with Crippen LogP contribution in [0.15, 0.2) is 29.1 Å². The number of thiophene rings is 1. The second kappa shape index (κ2) is 6.68.